The summed E-state index contributed by atoms with van der Waals surface area (Å²) in [6, 6.07) is 10.8. The lowest BCUT2D eigenvalue weighted by atomic mass is 10.3. The number of imidazole rings is 1. The number of thiophene rings is 1. The molecule has 0 aliphatic heterocycles. The van der Waals surface area contributed by atoms with Gasteiger partial charge < -0.3 is 15.2 Å². The number of carbonyl (C=O) groups is 2. The zero-order valence-corrected chi connectivity index (χ0v) is 15.0. The van der Waals surface area contributed by atoms with Gasteiger partial charge in [0.1, 0.15) is 11.9 Å². The standard InChI is InChI=1S/C18H20N4O2S/c1-3-22-14-8-5-4-7-13(14)21-16(22)11-19-17(23)12(2)20-18(24)15-9-6-10-25-15/h4-10,12H,3,11H2,1-2H3,(H,19,23)(H,20,24)/t12-/m1/s1. The summed E-state index contributed by atoms with van der Waals surface area (Å²) >= 11 is 1.35. The molecule has 2 N–H and O–H groups in total. The summed E-state index contributed by atoms with van der Waals surface area (Å²) in [5.41, 5.74) is 1.96. The van der Waals surface area contributed by atoms with Gasteiger partial charge in [-0.25, -0.2) is 4.98 Å². The first-order valence-electron chi connectivity index (χ1n) is 8.16. The van der Waals surface area contributed by atoms with Crippen LogP contribution in [0.25, 0.3) is 11.0 Å². The maximum Gasteiger partial charge on any atom is 0.261 e. The van der Waals surface area contributed by atoms with Crippen molar-refractivity contribution in [2.75, 3.05) is 0 Å². The third-order valence-corrected chi connectivity index (χ3v) is 4.83. The van der Waals surface area contributed by atoms with Crippen molar-refractivity contribution < 1.29 is 9.59 Å². The molecule has 0 radical (unpaired) electrons. The van der Waals surface area contributed by atoms with Crippen LogP contribution in [0.3, 0.4) is 0 Å². The van der Waals surface area contributed by atoms with Gasteiger partial charge in [-0.15, -0.1) is 11.3 Å². The fourth-order valence-corrected chi connectivity index (χ4v) is 3.30. The lowest BCUT2D eigenvalue weighted by Gasteiger charge is -2.14. The Morgan fingerprint density at radius 2 is 2.04 bits per heavy atom. The van der Waals surface area contributed by atoms with Gasteiger partial charge in [-0.3, -0.25) is 9.59 Å². The average Bonchev–Trinajstić information content (AvgIpc) is 3.26. The molecule has 0 unspecified atom stereocenters. The summed E-state index contributed by atoms with van der Waals surface area (Å²) in [4.78, 5) is 29.5. The van der Waals surface area contributed by atoms with Crippen molar-refractivity contribution in [1.82, 2.24) is 20.2 Å². The summed E-state index contributed by atoms with van der Waals surface area (Å²) in [7, 11) is 0. The zero-order chi connectivity index (χ0) is 17.8. The Kier molecular flexibility index (Phi) is 5.14. The number of nitrogens with one attached hydrogen (secondary N) is 2. The third-order valence-electron chi connectivity index (χ3n) is 3.96. The van der Waals surface area contributed by atoms with E-state index in [-0.39, 0.29) is 11.8 Å². The molecule has 0 aliphatic carbocycles. The lowest BCUT2D eigenvalue weighted by molar-refractivity contribution is -0.122. The molecule has 25 heavy (non-hydrogen) atoms. The first-order valence-corrected chi connectivity index (χ1v) is 9.04. The van der Waals surface area contributed by atoms with Gasteiger partial charge in [0.25, 0.3) is 5.91 Å². The monoisotopic (exact) mass is 356 g/mol. The van der Waals surface area contributed by atoms with Crippen LogP contribution in [-0.4, -0.2) is 27.4 Å². The normalized spacial score (nSPS) is 12.1. The molecule has 1 aromatic carbocycles. The van der Waals surface area contributed by atoms with E-state index in [4.69, 9.17) is 0 Å². The number of aryl methyl sites for hydroxylation is 1. The SMILES string of the molecule is CCn1c(CNC(=O)[C@@H](C)NC(=O)c2cccs2)nc2ccccc21. The second kappa shape index (κ2) is 7.48. The van der Waals surface area contributed by atoms with Crippen LogP contribution in [0.1, 0.15) is 29.3 Å². The molecule has 7 heteroatoms. The Labute approximate surface area is 149 Å². The van der Waals surface area contributed by atoms with Crippen LogP contribution in [0.2, 0.25) is 0 Å². The molecule has 0 aliphatic rings. The molecule has 0 bridgehead atoms. The minimum atomic E-state index is -0.617. The van der Waals surface area contributed by atoms with E-state index < -0.39 is 6.04 Å². The van der Waals surface area contributed by atoms with Gasteiger partial charge in [0.05, 0.1) is 22.5 Å². The van der Waals surface area contributed by atoms with E-state index in [0.29, 0.717) is 11.4 Å². The Hall–Kier alpha value is -2.67. The predicted molar refractivity (Wildman–Crippen MR) is 98.5 cm³/mol. The molecule has 1 atom stereocenters. The molecule has 2 heterocycles. The first kappa shape index (κ1) is 17.2. The molecule has 0 spiro atoms. The van der Waals surface area contributed by atoms with Gasteiger partial charge in [-0.1, -0.05) is 18.2 Å². The number of nitrogens with zero attached hydrogens (tertiary/aromatic N) is 2. The van der Waals surface area contributed by atoms with Gasteiger partial charge in [-0.05, 0) is 37.4 Å². The summed E-state index contributed by atoms with van der Waals surface area (Å²) in [5, 5.41) is 7.39. The van der Waals surface area contributed by atoms with E-state index in [1.165, 1.54) is 11.3 Å². The number of amides is 2. The molecular formula is C18H20N4O2S. The average molecular weight is 356 g/mol. The van der Waals surface area contributed by atoms with Gasteiger partial charge in [0.15, 0.2) is 0 Å². The van der Waals surface area contributed by atoms with Crippen molar-refractivity contribution in [3.05, 3.63) is 52.5 Å². The van der Waals surface area contributed by atoms with E-state index in [9.17, 15) is 9.59 Å². The van der Waals surface area contributed by atoms with Crippen molar-refractivity contribution in [2.24, 2.45) is 0 Å². The van der Waals surface area contributed by atoms with Gasteiger partial charge in [0.2, 0.25) is 5.91 Å². The number of benzene rings is 1. The van der Waals surface area contributed by atoms with Crippen LogP contribution >= 0.6 is 11.3 Å². The first-order chi connectivity index (χ1) is 12.1. The topological polar surface area (TPSA) is 76.0 Å². The van der Waals surface area contributed by atoms with Crippen LogP contribution < -0.4 is 10.6 Å². The fourth-order valence-electron chi connectivity index (χ4n) is 2.67. The highest BCUT2D eigenvalue weighted by Crippen LogP contribution is 2.15. The number of aromatic nitrogens is 2. The summed E-state index contributed by atoms with van der Waals surface area (Å²) in [6.45, 7) is 4.81. The van der Waals surface area contributed by atoms with Crippen LogP contribution in [0, 0.1) is 0 Å². The van der Waals surface area contributed by atoms with Crippen molar-refractivity contribution in [3.8, 4) is 0 Å². The van der Waals surface area contributed by atoms with E-state index >= 15 is 0 Å². The van der Waals surface area contributed by atoms with Gasteiger partial charge >= 0.3 is 0 Å². The Bertz CT molecular complexity index is 886. The minimum absolute atomic E-state index is 0.236. The molecule has 0 saturated carbocycles. The number of carbonyl (C=O) groups excluding carboxylic acids is 2. The Balaban J connectivity index is 1.63. The predicted octanol–water partition coefficient (Wildman–Crippen LogP) is 2.55. The number of hydrogen-bond acceptors (Lipinski definition) is 4. The second-order valence-electron chi connectivity index (χ2n) is 5.65. The highest BCUT2D eigenvalue weighted by molar-refractivity contribution is 7.12. The number of rotatable bonds is 6. The molecular weight excluding hydrogens is 336 g/mol. The molecule has 2 aromatic heterocycles. The molecule has 130 valence electrons. The van der Waals surface area contributed by atoms with Crippen molar-refractivity contribution in [2.45, 2.75) is 33.0 Å². The van der Waals surface area contributed by atoms with Gasteiger partial charge in [-0.2, -0.15) is 0 Å². The molecule has 3 aromatic rings. The quantitative estimate of drug-likeness (QED) is 0.713. The maximum atomic E-state index is 12.3. The van der Waals surface area contributed by atoms with Crippen LogP contribution in [-0.2, 0) is 17.9 Å². The highest BCUT2D eigenvalue weighted by Gasteiger charge is 2.18. The number of fused-ring (bicyclic) bond motifs is 1. The summed E-state index contributed by atoms with van der Waals surface area (Å²) in [5.74, 6) is 0.326. The minimum Gasteiger partial charge on any atom is -0.347 e. The highest BCUT2D eigenvalue weighted by atomic mass is 32.1. The molecule has 0 fully saturated rings. The number of para-hydroxylation sites is 2. The molecule has 0 saturated heterocycles. The van der Waals surface area contributed by atoms with Gasteiger partial charge in [0, 0.05) is 6.54 Å². The fraction of sp³-hybridized carbons (Fsp3) is 0.278. The molecule has 6 nitrogen and oxygen atoms in total. The largest absolute Gasteiger partial charge is 0.347 e. The third kappa shape index (κ3) is 3.71. The lowest BCUT2D eigenvalue weighted by Crippen LogP contribution is -2.44. The van der Waals surface area contributed by atoms with Crippen molar-refractivity contribution >= 4 is 34.2 Å². The summed E-state index contributed by atoms with van der Waals surface area (Å²) in [6.07, 6.45) is 0. The molecule has 2 amide bonds. The van der Waals surface area contributed by atoms with Crippen molar-refractivity contribution in [1.29, 1.82) is 0 Å². The van der Waals surface area contributed by atoms with E-state index in [1.54, 1.807) is 19.1 Å². The van der Waals surface area contributed by atoms with Crippen LogP contribution in [0.15, 0.2) is 41.8 Å². The zero-order valence-electron chi connectivity index (χ0n) is 14.2. The van der Waals surface area contributed by atoms with E-state index in [1.807, 2.05) is 36.6 Å². The van der Waals surface area contributed by atoms with Crippen LogP contribution in [0.4, 0.5) is 0 Å². The van der Waals surface area contributed by atoms with E-state index in [2.05, 4.69) is 20.2 Å². The Morgan fingerprint density at radius 1 is 1.24 bits per heavy atom. The molecule has 3 rings (SSSR count). The summed E-state index contributed by atoms with van der Waals surface area (Å²) < 4.78 is 2.07. The Morgan fingerprint density at radius 3 is 2.76 bits per heavy atom. The smallest absolute Gasteiger partial charge is 0.261 e. The van der Waals surface area contributed by atoms with Crippen molar-refractivity contribution in [3.63, 3.8) is 0 Å². The number of hydrogen-bond donors (Lipinski definition) is 2. The van der Waals surface area contributed by atoms with E-state index in [0.717, 1.165) is 23.4 Å². The second-order valence-corrected chi connectivity index (χ2v) is 6.60. The maximum absolute atomic E-state index is 12.3. The van der Waals surface area contributed by atoms with Crippen LogP contribution in [0.5, 0.6) is 0 Å².